The topological polar surface area (TPSA) is 93.7 Å². The average Bonchev–Trinajstić information content (AvgIpc) is 3.80. The molecule has 0 saturated carbocycles. The number of nitrogens with zero attached hydrogens (tertiary/aromatic N) is 10. The Bertz CT molecular complexity index is 1730. The second-order valence-corrected chi connectivity index (χ2v) is 12.8. The van der Waals surface area contributed by atoms with Gasteiger partial charge in [-0.15, -0.1) is 10.2 Å². The third kappa shape index (κ3) is 7.47. The number of benzene rings is 4. The number of aromatic nitrogens is 8. The summed E-state index contributed by atoms with van der Waals surface area (Å²) < 4.78 is 3.88. The number of tetrazole rings is 2. The number of aryl methyl sites for hydroxylation is 4. The zero-order valence-electron chi connectivity index (χ0n) is 26.4. The molecule has 6 aromatic rings. The standard InChI is InChI=1S/C36H36Cl2N10/c37-31-15-11-29(12-16-31)33(35-39-41-43-47(35)21-19-27-7-3-1-4-8-27)45-23-25-46(26-24-45)34(30-13-17-32(38)18-14-30)36-40-42-44-48(36)22-20-28-9-5-2-6-10-28/h1-18,33-34H,19-26H2/t33-,34+. The van der Waals surface area contributed by atoms with E-state index in [0.717, 1.165) is 61.8 Å². The molecule has 2 atom stereocenters. The van der Waals surface area contributed by atoms with E-state index < -0.39 is 0 Å². The summed E-state index contributed by atoms with van der Waals surface area (Å²) in [5.41, 5.74) is 4.69. The van der Waals surface area contributed by atoms with Crippen molar-refractivity contribution in [2.24, 2.45) is 0 Å². The van der Waals surface area contributed by atoms with Gasteiger partial charge in [0.2, 0.25) is 0 Å². The number of hydrogen-bond acceptors (Lipinski definition) is 8. The highest BCUT2D eigenvalue weighted by Crippen LogP contribution is 2.33. The molecule has 0 N–H and O–H groups in total. The summed E-state index contributed by atoms with van der Waals surface area (Å²) in [7, 11) is 0. The molecule has 0 unspecified atom stereocenters. The summed E-state index contributed by atoms with van der Waals surface area (Å²) in [6.45, 7) is 4.51. The molecule has 0 aliphatic carbocycles. The Hall–Kier alpha value is -4.48. The molecule has 0 radical (unpaired) electrons. The van der Waals surface area contributed by atoms with Crippen molar-refractivity contribution < 1.29 is 0 Å². The molecule has 48 heavy (non-hydrogen) atoms. The minimum absolute atomic E-state index is 0.139. The van der Waals surface area contributed by atoms with Crippen LogP contribution in [-0.2, 0) is 25.9 Å². The molecular formula is C36H36Cl2N10. The van der Waals surface area contributed by atoms with Gasteiger partial charge >= 0.3 is 0 Å². The van der Waals surface area contributed by atoms with E-state index in [4.69, 9.17) is 23.2 Å². The molecule has 0 spiro atoms. The lowest BCUT2D eigenvalue weighted by Crippen LogP contribution is -2.50. The second kappa shape index (κ2) is 15.2. The van der Waals surface area contributed by atoms with Crippen molar-refractivity contribution in [3.63, 3.8) is 0 Å². The van der Waals surface area contributed by atoms with Crippen molar-refractivity contribution in [3.8, 4) is 0 Å². The number of hydrogen-bond donors (Lipinski definition) is 0. The van der Waals surface area contributed by atoms with Crippen LogP contribution in [0.4, 0.5) is 0 Å². The van der Waals surface area contributed by atoms with Crippen molar-refractivity contribution in [1.29, 1.82) is 0 Å². The van der Waals surface area contributed by atoms with E-state index in [9.17, 15) is 0 Å². The Labute approximate surface area is 289 Å². The first-order valence-electron chi connectivity index (χ1n) is 16.2. The second-order valence-electron chi connectivity index (χ2n) is 12.0. The highest BCUT2D eigenvalue weighted by Gasteiger charge is 2.35. The van der Waals surface area contributed by atoms with E-state index in [-0.39, 0.29) is 12.1 Å². The summed E-state index contributed by atoms with van der Waals surface area (Å²) in [5, 5.41) is 27.7. The molecular weight excluding hydrogens is 643 g/mol. The first kappa shape index (κ1) is 32.1. The number of halogens is 2. The fourth-order valence-corrected chi connectivity index (χ4v) is 6.73. The Morgan fingerprint density at radius 3 is 1.25 bits per heavy atom. The van der Waals surface area contributed by atoms with Crippen LogP contribution in [0.25, 0.3) is 0 Å². The first-order valence-corrected chi connectivity index (χ1v) is 17.0. The Kier molecular flexibility index (Phi) is 10.1. The van der Waals surface area contributed by atoms with Crippen LogP contribution in [0.2, 0.25) is 10.0 Å². The fraction of sp³-hybridized carbons (Fsp3) is 0.278. The maximum Gasteiger partial charge on any atom is 0.173 e. The van der Waals surface area contributed by atoms with Gasteiger partial charge in [-0.1, -0.05) is 108 Å². The van der Waals surface area contributed by atoms with Crippen LogP contribution in [0, 0.1) is 0 Å². The quantitative estimate of drug-likeness (QED) is 0.157. The summed E-state index contributed by atoms with van der Waals surface area (Å²) in [5.74, 6) is 1.64. The Balaban J connectivity index is 1.14. The molecule has 0 amide bonds. The lowest BCUT2D eigenvalue weighted by molar-refractivity contribution is 0.0822. The van der Waals surface area contributed by atoms with E-state index in [1.165, 1.54) is 11.1 Å². The van der Waals surface area contributed by atoms with Gasteiger partial charge in [0.25, 0.3) is 0 Å². The maximum absolute atomic E-state index is 6.32. The van der Waals surface area contributed by atoms with Gasteiger partial charge in [-0.2, -0.15) is 0 Å². The van der Waals surface area contributed by atoms with E-state index >= 15 is 0 Å². The smallest absolute Gasteiger partial charge is 0.173 e. The summed E-state index contributed by atoms with van der Waals surface area (Å²) in [6.07, 6.45) is 1.67. The van der Waals surface area contributed by atoms with Crippen molar-refractivity contribution in [3.05, 3.63) is 153 Å². The van der Waals surface area contributed by atoms with Gasteiger partial charge in [-0.25, -0.2) is 9.36 Å². The van der Waals surface area contributed by atoms with Crippen LogP contribution >= 0.6 is 23.2 Å². The SMILES string of the molecule is Clc1ccc([C@H](c2nnnn2CCc2ccccc2)N2CCN([C@@H](c3ccc(Cl)cc3)c3nnnn3CCc3ccccc3)CC2)cc1. The molecule has 1 aliphatic heterocycles. The molecule has 10 nitrogen and oxygen atoms in total. The largest absolute Gasteiger partial charge is 0.287 e. The molecule has 2 aromatic heterocycles. The molecule has 3 heterocycles. The normalized spacial score (nSPS) is 15.4. The predicted octanol–water partition coefficient (Wildman–Crippen LogP) is 5.95. The van der Waals surface area contributed by atoms with Gasteiger partial charge in [0.1, 0.15) is 0 Å². The van der Waals surface area contributed by atoms with Crippen LogP contribution in [0.3, 0.4) is 0 Å². The van der Waals surface area contributed by atoms with Crippen LogP contribution < -0.4 is 0 Å². The molecule has 0 bridgehead atoms. The van der Waals surface area contributed by atoms with Gasteiger partial charge in [0.05, 0.1) is 12.1 Å². The molecule has 4 aromatic carbocycles. The molecule has 1 saturated heterocycles. The van der Waals surface area contributed by atoms with Crippen molar-refractivity contribution in [1.82, 2.24) is 50.2 Å². The lowest BCUT2D eigenvalue weighted by atomic mass is 10.0. The molecule has 7 rings (SSSR count). The number of rotatable bonds is 12. The van der Waals surface area contributed by atoms with Crippen LogP contribution in [0.15, 0.2) is 109 Å². The van der Waals surface area contributed by atoms with Gasteiger partial charge in [0.15, 0.2) is 11.6 Å². The van der Waals surface area contributed by atoms with E-state index in [2.05, 4.69) is 114 Å². The Morgan fingerprint density at radius 2 is 0.875 bits per heavy atom. The van der Waals surface area contributed by atoms with E-state index in [0.29, 0.717) is 23.1 Å². The average molecular weight is 680 g/mol. The van der Waals surface area contributed by atoms with Gasteiger partial charge < -0.3 is 0 Å². The van der Waals surface area contributed by atoms with E-state index in [1.807, 2.05) is 45.8 Å². The first-order chi connectivity index (χ1) is 23.6. The summed E-state index contributed by atoms with van der Waals surface area (Å²) >= 11 is 12.6. The van der Waals surface area contributed by atoms with Crippen molar-refractivity contribution >= 4 is 23.2 Å². The third-order valence-corrected chi connectivity index (χ3v) is 9.47. The minimum Gasteiger partial charge on any atom is -0.287 e. The number of piperazine rings is 1. The molecule has 1 aliphatic rings. The highest BCUT2D eigenvalue weighted by molar-refractivity contribution is 6.30. The van der Waals surface area contributed by atoms with Crippen LogP contribution in [0.5, 0.6) is 0 Å². The summed E-state index contributed by atoms with van der Waals surface area (Å²) in [6, 6.07) is 36.6. The third-order valence-electron chi connectivity index (χ3n) is 8.97. The molecule has 12 heteroatoms. The molecule has 244 valence electrons. The monoisotopic (exact) mass is 678 g/mol. The van der Waals surface area contributed by atoms with Gasteiger partial charge in [0, 0.05) is 49.3 Å². The van der Waals surface area contributed by atoms with Crippen LogP contribution in [0.1, 0.15) is 46.0 Å². The van der Waals surface area contributed by atoms with Gasteiger partial charge in [-0.05, 0) is 80.2 Å². The molecule has 1 fully saturated rings. The lowest BCUT2D eigenvalue weighted by Gasteiger charge is -2.41. The van der Waals surface area contributed by atoms with Crippen molar-refractivity contribution in [2.45, 2.75) is 38.0 Å². The summed E-state index contributed by atoms with van der Waals surface area (Å²) in [4.78, 5) is 4.92. The van der Waals surface area contributed by atoms with E-state index in [1.54, 1.807) is 0 Å². The zero-order chi connectivity index (χ0) is 32.7. The van der Waals surface area contributed by atoms with Crippen molar-refractivity contribution in [2.75, 3.05) is 26.2 Å². The zero-order valence-corrected chi connectivity index (χ0v) is 27.9. The van der Waals surface area contributed by atoms with Crippen LogP contribution in [-0.4, -0.2) is 76.4 Å². The minimum atomic E-state index is -0.139. The fourth-order valence-electron chi connectivity index (χ4n) is 6.48. The van der Waals surface area contributed by atoms with Gasteiger partial charge in [-0.3, -0.25) is 9.80 Å². The highest BCUT2D eigenvalue weighted by atomic mass is 35.5. The predicted molar refractivity (Wildman–Crippen MR) is 186 cm³/mol. The maximum atomic E-state index is 6.32. The Morgan fingerprint density at radius 1 is 0.500 bits per heavy atom.